The number of aromatic nitrogens is 1. The summed E-state index contributed by atoms with van der Waals surface area (Å²) < 4.78 is 0. The van der Waals surface area contributed by atoms with Crippen molar-refractivity contribution in [1.29, 1.82) is 0 Å². The molecule has 2 heterocycles. The summed E-state index contributed by atoms with van der Waals surface area (Å²) >= 11 is 1.64. The van der Waals surface area contributed by atoms with Crippen LogP contribution in [0.15, 0.2) is 41.1 Å². The largest absolute Gasteiger partial charge is 0.392 e. The Morgan fingerprint density at radius 2 is 2.17 bits per heavy atom. The van der Waals surface area contributed by atoms with Crippen LogP contribution in [-0.2, 0) is 6.61 Å². The van der Waals surface area contributed by atoms with E-state index < -0.39 is 0 Å². The average molecular weight is 255 g/mol. The lowest BCUT2D eigenvalue weighted by Gasteiger charge is -2.09. The molecule has 0 atom stereocenters. The summed E-state index contributed by atoms with van der Waals surface area (Å²) in [4.78, 5) is 4.73. The Labute approximate surface area is 110 Å². The molecule has 0 aliphatic carbocycles. The highest BCUT2D eigenvalue weighted by Gasteiger charge is 2.10. The summed E-state index contributed by atoms with van der Waals surface area (Å²) in [5.41, 5.74) is 5.02. The first kappa shape index (κ1) is 11.4. The molecule has 1 aromatic carbocycles. The van der Waals surface area contributed by atoms with E-state index in [1.54, 1.807) is 11.3 Å². The van der Waals surface area contributed by atoms with Gasteiger partial charge in [-0.15, -0.1) is 0 Å². The lowest BCUT2D eigenvalue weighted by molar-refractivity contribution is 0.282. The molecule has 0 fully saturated rings. The highest BCUT2D eigenvalue weighted by molar-refractivity contribution is 7.08. The summed E-state index contributed by atoms with van der Waals surface area (Å²) in [6.07, 6.45) is 0. The van der Waals surface area contributed by atoms with Gasteiger partial charge >= 0.3 is 0 Å². The second-order valence-electron chi connectivity index (χ2n) is 4.31. The van der Waals surface area contributed by atoms with Crippen LogP contribution in [0.5, 0.6) is 0 Å². The van der Waals surface area contributed by atoms with Crippen LogP contribution >= 0.6 is 11.3 Å². The van der Waals surface area contributed by atoms with E-state index in [0.717, 1.165) is 33.3 Å². The molecule has 1 N–H and O–H groups in total. The maximum absolute atomic E-state index is 9.51. The number of pyridine rings is 1. The van der Waals surface area contributed by atoms with Crippen LogP contribution in [0, 0.1) is 6.92 Å². The van der Waals surface area contributed by atoms with Crippen molar-refractivity contribution in [1.82, 2.24) is 4.98 Å². The zero-order valence-corrected chi connectivity index (χ0v) is 10.9. The van der Waals surface area contributed by atoms with Crippen molar-refractivity contribution in [3.8, 4) is 11.3 Å². The number of fused-ring (bicyclic) bond motifs is 1. The van der Waals surface area contributed by atoms with Crippen molar-refractivity contribution in [3.63, 3.8) is 0 Å². The van der Waals surface area contributed by atoms with E-state index in [9.17, 15) is 5.11 Å². The number of hydrogen-bond acceptors (Lipinski definition) is 3. The number of benzene rings is 1. The normalized spacial score (nSPS) is 11.0. The van der Waals surface area contributed by atoms with Gasteiger partial charge in [-0.2, -0.15) is 11.3 Å². The number of thiophene rings is 1. The predicted molar refractivity (Wildman–Crippen MR) is 75.7 cm³/mol. The van der Waals surface area contributed by atoms with Crippen molar-refractivity contribution in [2.75, 3.05) is 0 Å². The molecule has 3 rings (SSSR count). The predicted octanol–water partition coefficient (Wildman–Crippen LogP) is 3.76. The molecule has 0 unspecified atom stereocenters. The van der Waals surface area contributed by atoms with Gasteiger partial charge < -0.3 is 5.11 Å². The molecule has 0 spiro atoms. The van der Waals surface area contributed by atoms with Gasteiger partial charge in [0.05, 0.1) is 17.8 Å². The fourth-order valence-corrected chi connectivity index (χ4v) is 2.80. The van der Waals surface area contributed by atoms with Crippen LogP contribution in [0.3, 0.4) is 0 Å². The molecule has 0 aliphatic rings. The van der Waals surface area contributed by atoms with Crippen LogP contribution in [0.25, 0.3) is 22.2 Å². The summed E-state index contributed by atoms with van der Waals surface area (Å²) in [5.74, 6) is 0. The third-order valence-electron chi connectivity index (χ3n) is 3.09. The maximum Gasteiger partial charge on any atom is 0.0773 e. The van der Waals surface area contributed by atoms with E-state index in [1.807, 2.05) is 29.6 Å². The standard InChI is InChI=1S/C15H13NOS/c1-10-3-2-4-11-7-13(8-17)15(16-14(10)11)12-5-6-18-9-12/h2-7,9,17H,8H2,1H3. The third kappa shape index (κ3) is 1.82. The highest BCUT2D eigenvalue weighted by Crippen LogP contribution is 2.28. The van der Waals surface area contributed by atoms with Gasteiger partial charge in [0.1, 0.15) is 0 Å². The van der Waals surface area contributed by atoms with Crippen molar-refractivity contribution < 1.29 is 5.11 Å². The second-order valence-corrected chi connectivity index (χ2v) is 5.09. The van der Waals surface area contributed by atoms with Gasteiger partial charge in [0.15, 0.2) is 0 Å². The van der Waals surface area contributed by atoms with Gasteiger partial charge in [0, 0.05) is 21.9 Å². The Morgan fingerprint density at radius 3 is 2.89 bits per heavy atom. The Balaban J connectivity index is 2.33. The number of hydrogen-bond donors (Lipinski definition) is 1. The van der Waals surface area contributed by atoms with Crippen molar-refractivity contribution in [3.05, 3.63) is 52.2 Å². The van der Waals surface area contributed by atoms with E-state index in [-0.39, 0.29) is 6.61 Å². The van der Waals surface area contributed by atoms with Gasteiger partial charge in [0.2, 0.25) is 0 Å². The molecule has 0 bridgehead atoms. The molecule has 0 saturated heterocycles. The molecule has 90 valence electrons. The minimum absolute atomic E-state index is 0.0159. The number of aryl methyl sites for hydroxylation is 1. The third-order valence-corrected chi connectivity index (χ3v) is 3.77. The Hall–Kier alpha value is -1.71. The van der Waals surface area contributed by atoms with Crippen LogP contribution in [0.1, 0.15) is 11.1 Å². The van der Waals surface area contributed by atoms with Gasteiger partial charge in [-0.3, -0.25) is 0 Å². The van der Waals surface area contributed by atoms with Crippen LogP contribution in [0.4, 0.5) is 0 Å². The zero-order valence-electron chi connectivity index (χ0n) is 10.1. The summed E-state index contributed by atoms with van der Waals surface area (Å²) in [7, 11) is 0. The monoisotopic (exact) mass is 255 g/mol. The second kappa shape index (κ2) is 4.52. The number of aliphatic hydroxyl groups is 1. The fraction of sp³-hybridized carbons (Fsp3) is 0.133. The Morgan fingerprint density at radius 1 is 1.28 bits per heavy atom. The molecule has 3 heteroatoms. The first-order chi connectivity index (χ1) is 8.79. The van der Waals surface area contributed by atoms with Gasteiger partial charge in [-0.25, -0.2) is 4.98 Å². The van der Waals surface area contributed by atoms with Gasteiger partial charge in [0.25, 0.3) is 0 Å². The van der Waals surface area contributed by atoms with Gasteiger partial charge in [-0.05, 0) is 30.0 Å². The first-order valence-corrected chi connectivity index (χ1v) is 6.76. The average Bonchev–Trinajstić information content (AvgIpc) is 2.91. The van der Waals surface area contributed by atoms with Crippen LogP contribution in [-0.4, -0.2) is 10.1 Å². The Kier molecular flexibility index (Phi) is 2.86. The fourth-order valence-electron chi connectivity index (χ4n) is 2.16. The lowest BCUT2D eigenvalue weighted by atomic mass is 10.0. The summed E-state index contributed by atoms with van der Waals surface area (Å²) in [5, 5.41) is 14.7. The lowest BCUT2D eigenvalue weighted by Crippen LogP contribution is -1.94. The van der Waals surface area contributed by atoms with Crippen LogP contribution < -0.4 is 0 Å². The summed E-state index contributed by atoms with van der Waals surface area (Å²) in [6.45, 7) is 2.08. The number of para-hydroxylation sites is 1. The van der Waals surface area contributed by atoms with Crippen molar-refractivity contribution in [2.45, 2.75) is 13.5 Å². The molecular formula is C15H13NOS. The molecule has 18 heavy (non-hydrogen) atoms. The molecule has 0 radical (unpaired) electrons. The molecule has 0 aliphatic heterocycles. The zero-order chi connectivity index (χ0) is 12.5. The molecule has 0 amide bonds. The van der Waals surface area contributed by atoms with Gasteiger partial charge in [-0.1, -0.05) is 18.2 Å². The Bertz CT molecular complexity index is 689. The quantitative estimate of drug-likeness (QED) is 0.756. The minimum Gasteiger partial charge on any atom is -0.392 e. The van der Waals surface area contributed by atoms with E-state index >= 15 is 0 Å². The maximum atomic E-state index is 9.51. The molecule has 0 saturated carbocycles. The summed E-state index contributed by atoms with van der Waals surface area (Å²) in [6, 6.07) is 10.2. The van der Waals surface area contributed by atoms with Crippen molar-refractivity contribution >= 4 is 22.2 Å². The van der Waals surface area contributed by atoms with Crippen LogP contribution in [0.2, 0.25) is 0 Å². The number of nitrogens with zero attached hydrogens (tertiary/aromatic N) is 1. The first-order valence-electron chi connectivity index (χ1n) is 5.82. The smallest absolute Gasteiger partial charge is 0.0773 e. The SMILES string of the molecule is Cc1cccc2cc(CO)c(-c3ccsc3)nc12. The van der Waals surface area contributed by atoms with E-state index in [0.29, 0.717) is 0 Å². The number of rotatable bonds is 2. The topological polar surface area (TPSA) is 33.1 Å². The van der Waals surface area contributed by atoms with E-state index in [2.05, 4.69) is 18.4 Å². The van der Waals surface area contributed by atoms with E-state index in [1.165, 1.54) is 0 Å². The molecular weight excluding hydrogens is 242 g/mol. The minimum atomic E-state index is 0.0159. The highest BCUT2D eigenvalue weighted by atomic mass is 32.1. The van der Waals surface area contributed by atoms with Crippen molar-refractivity contribution in [2.24, 2.45) is 0 Å². The molecule has 2 aromatic heterocycles. The molecule has 2 nitrogen and oxygen atoms in total. The number of aliphatic hydroxyl groups excluding tert-OH is 1. The molecule has 3 aromatic rings. The van der Waals surface area contributed by atoms with E-state index in [4.69, 9.17) is 4.98 Å².